The fraction of sp³-hybridized carbons (Fsp3) is 0.400. The molecule has 14 heavy (non-hydrogen) atoms. The predicted molar refractivity (Wildman–Crippen MR) is 58.8 cm³/mol. The van der Waals surface area contributed by atoms with E-state index in [1.807, 2.05) is 13.8 Å². The summed E-state index contributed by atoms with van der Waals surface area (Å²) in [5.41, 5.74) is 0. The Bertz CT molecular complexity index is 324. The fourth-order valence-electron chi connectivity index (χ4n) is 1.01. The van der Waals surface area contributed by atoms with Crippen LogP contribution in [0.4, 0.5) is 0 Å². The minimum absolute atomic E-state index is 0.0679. The molecule has 78 valence electrons. The van der Waals surface area contributed by atoms with Gasteiger partial charge in [-0.2, -0.15) is 0 Å². The van der Waals surface area contributed by atoms with Crippen molar-refractivity contribution in [3.05, 3.63) is 22.2 Å². The molecule has 0 fully saturated rings. The van der Waals surface area contributed by atoms with Crippen molar-refractivity contribution in [2.75, 3.05) is 7.11 Å². The number of hydrogen-bond acceptors (Lipinski definition) is 2. The Labute approximate surface area is 93.7 Å². The Hall–Kier alpha value is -0.600. The average molecular weight is 235 g/mol. The zero-order valence-corrected chi connectivity index (χ0v) is 9.82. The maximum absolute atomic E-state index is 5.94. The SMILES string of the molecule is COc1cc(OC(C)C)c(Cl)cc1Cl. The van der Waals surface area contributed by atoms with Gasteiger partial charge in [-0.3, -0.25) is 0 Å². The van der Waals surface area contributed by atoms with E-state index in [-0.39, 0.29) is 6.10 Å². The van der Waals surface area contributed by atoms with Gasteiger partial charge < -0.3 is 9.47 Å². The minimum atomic E-state index is 0.0679. The first kappa shape index (κ1) is 11.5. The lowest BCUT2D eigenvalue weighted by Gasteiger charge is -2.13. The van der Waals surface area contributed by atoms with Crippen LogP contribution >= 0.6 is 23.2 Å². The number of ether oxygens (including phenoxy) is 2. The van der Waals surface area contributed by atoms with Gasteiger partial charge in [0, 0.05) is 6.07 Å². The molecule has 0 aliphatic rings. The summed E-state index contributed by atoms with van der Waals surface area (Å²) < 4.78 is 10.5. The van der Waals surface area contributed by atoms with Crippen molar-refractivity contribution in [1.82, 2.24) is 0 Å². The van der Waals surface area contributed by atoms with Crippen molar-refractivity contribution in [2.24, 2.45) is 0 Å². The summed E-state index contributed by atoms with van der Waals surface area (Å²) in [5.74, 6) is 1.15. The van der Waals surface area contributed by atoms with Crippen molar-refractivity contribution >= 4 is 23.2 Å². The molecule has 0 aromatic heterocycles. The van der Waals surface area contributed by atoms with Crippen LogP contribution in [0, 0.1) is 0 Å². The summed E-state index contributed by atoms with van der Waals surface area (Å²) in [6.07, 6.45) is 0.0679. The Balaban J connectivity index is 3.04. The molecule has 0 saturated heterocycles. The first-order chi connectivity index (χ1) is 6.54. The van der Waals surface area contributed by atoms with Gasteiger partial charge in [0.2, 0.25) is 0 Å². The quantitative estimate of drug-likeness (QED) is 0.793. The van der Waals surface area contributed by atoms with E-state index in [4.69, 9.17) is 32.7 Å². The third-order valence-corrected chi connectivity index (χ3v) is 2.16. The number of halogens is 2. The van der Waals surface area contributed by atoms with Crippen LogP contribution in [0.15, 0.2) is 12.1 Å². The molecule has 0 aliphatic carbocycles. The second-order valence-electron chi connectivity index (χ2n) is 3.08. The summed E-state index contributed by atoms with van der Waals surface area (Å²) in [6.45, 7) is 3.86. The predicted octanol–water partition coefficient (Wildman–Crippen LogP) is 3.79. The Kier molecular flexibility index (Phi) is 3.90. The molecule has 1 aromatic carbocycles. The Morgan fingerprint density at radius 2 is 1.64 bits per heavy atom. The minimum Gasteiger partial charge on any atom is -0.495 e. The van der Waals surface area contributed by atoms with Gasteiger partial charge in [0.25, 0.3) is 0 Å². The molecule has 0 aliphatic heterocycles. The first-order valence-electron chi connectivity index (χ1n) is 4.24. The topological polar surface area (TPSA) is 18.5 Å². The molecule has 0 spiro atoms. The van der Waals surface area contributed by atoms with Crippen LogP contribution in [-0.4, -0.2) is 13.2 Å². The van der Waals surface area contributed by atoms with Gasteiger partial charge in [0.05, 0.1) is 23.3 Å². The summed E-state index contributed by atoms with van der Waals surface area (Å²) in [4.78, 5) is 0. The van der Waals surface area contributed by atoms with Crippen molar-refractivity contribution in [3.63, 3.8) is 0 Å². The zero-order valence-electron chi connectivity index (χ0n) is 8.30. The van der Waals surface area contributed by atoms with Gasteiger partial charge in [0.1, 0.15) is 11.5 Å². The monoisotopic (exact) mass is 234 g/mol. The highest BCUT2D eigenvalue weighted by atomic mass is 35.5. The number of rotatable bonds is 3. The highest BCUT2D eigenvalue weighted by Gasteiger charge is 2.09. The third-order valence-electron chi connectivity index (χ3n) is 1.57. The molecule has 1 aromatic rings. The molecular formula is C10H12Cl2O2. The highest BCUT2D eigenvalue weighted by molar-refractivity contribution is 6.36. The largest absolute Gasteiger partial charge is 0.495 e. The van der Waals surface area contributed by atoms with E-state index in [2.05, 4.69) is 0 Å². The van der Waals surface area contributed by atoms with Crippen molar-refractivity contribution < 1.29 is 9.47 Å². The molecule has 0 bridgehead atoms. The fourth-order valence-corrected chi connectivity index (χ4v) is 1.52. The van der Waals surface area contributed by atoms with Gasteiger partial charge in [-0.25, -0.2) is 0 Å². The van der Waals surface area contributed by atoms with Gasteiger partial charge in [-0.05, 0) is 19.9 Å². The molecular weight excluding hydrogens is 223 g/mol. The Morgan fingerprint density at radius 1 is 1.07 bits per heavy atom. The van der Waals surface area contributed by atoms with Crippen LogP contribution in [0.3, 0.4) is 0 Å². The van der Waals surface area contributed by atoms with Crippen molar-refractivity contribution in [3.8, 4) is 11.5 Å². The third kappa shape index (κ3) is 2.69. The summed E-state index contributed by atoms with van der Waals surface area (Å²) in [5, 5.41) is 0.970. The van der Waals surface area contributed by atoms with E-state index in [0.717, 1.165) is 0 Å². The molecule has 4 heteroatoms. The molecule has 0 atom stereocenters. The summed E-state index contributed by atoms with van der Waals surface area (Å²) >= 11 is 11.8. The Morgan fingerprint density at radius 3 is 2.14 bits per heavy atom. The smallest absolute Gasteiger partial charge is 0.142 e. The average Bonchev–Trinajstić information content (AvgIpc) is 2.09. The lowest BCUT2D eigenvalue weighted by Crippen LogP contribution is -2.06. The van der Waals surface area contributed by atoms with E-state index in [0.29, 0.717) is 21.5 Å². The van der Waals surface area contributed by atoms with Crippen molar-refractivity contribution in [1.29, 1.82) is 0 Å². The second-order valence-corrected chi connectivity index (χ2v) is 3.90. The van der Waals surface area contributed by atoms with E-state index in [9.17, 15) is 0 Å². The molecule has 0 N–H and O–H groups in total. The molecule has 2 nitrogen and oxygen atoms in total. The molecule has 0 radical (unpaired) electrons. The maximum Gasteiger partial charge on any atom is 0.142 e. The van der Waals surface area contributed by atoms with Gasteiger partial charge >= 0.3 is 0 Å². The maximum atomic E-state index is 5.94. The van der Waals surface area contributed by atoms with Crippen LogP contribution < -0.4 is 9.47 Å². The molecule has 0 unspecified atom stereocenters. The van der Waals surface area contributed by atoms with Crippen LogP contribution in [-0.2, 0) is 0 Å². The van der Waals surface area contributed by atoms with E-state index in [1.165, 1.54) is 0 Å². The number of hydrogen-bond donors (Lipinski definition) is 0. The number of methoxy groups -OCH3 is 1. The lowest BCUT2D eigenvalue weighted by molar-refractivity contribution is 0.241. The van der Waals surface area contributed by atoms with Crippen LogP contribution in [0.25, 0.3) is 0 Å². The highest BCUT2D eigenvalue weighted by Crippen LogP contribution is 2.35. The van der Waals surface area contributed by atoms with Crippen LogP contribution in [0.2, 0.25) is 10.0 Å². The summed E-state index contributed by atoms with van der Waals surface area (Å²) in [6, 6.07) is 3.30. The van der Waals surface area contributed by atoms with Crippen molar-refractivity contribution in [2.45, 2.75) is 20.0 Å². The van der Waals surface area contributed by atoms with E-state index >= 15 is 0 Å². The molecule has 0 amide bonds. The first-order valence-corrected chi connectivity index (χ1v) is 5.00. The van der Waals surface area contributed by atoms with Gasteiger partial charge in [-0.1, -0.05) is 23.2 Å². The van der Waals surface area contributed by atoms with E-state index < -0.39 is 0 Å². The molecule has 1 rings (SSSR count). The van der Waals surface area contributed by atoms with Gasteiger partial charge in [0.15, 0.2) is 0 Å². The second kappa shape index (κ2) is 4.76. The van der Waals surface area contributed by atoms with Crippen LogP contribution in [0.5, 0.6) is 11.5 Å². The van der Waals surface area contributed by atoms with Gasteiger partial charge in [-0.15, -0.1) is 0 Å². The standard InChI is InChI=1S/C10H12Cl2O2/c1-6(2)14-10-5-9(13-3)7(11)4-8(10)12/h4-6H,1-3H3. The lowest BCUT2D eigenvalue weighted by atomic mass is 10.3. The van der Waals surface area contributed by atoms with E-state index in [1.54, 1.807) is 19.2 Å². The summed E-state index contributed by atoms with van der Waals surface area (Å²) in [7, 11) is 1.55. The normalized spacial score (nSPS) is 10.4. The number of benzene rings is 1. The molecule has 0 heterocycles. The van der Waals surface area contributed by atoms with Crippen LogP contribution in [0.1, 0.15) is 13.8 Å². The molecule has 0 saturated carbocycles. The zero-order chi connectivity index (χ0) is 10.7.